The summed E-state index contributed by atoms with van der Waals surface area (Å²) < 4.78 is 7.27. The molecule has 1 N–H and O–H groups in total. The van der Waals surface area contributed by atoms with E-state index in [0.29, 0.717) is 17.5 Å². The normalized spacial score (nSPS) is 23.3. The molecule has 0 aromatic carbocycles. The van der Waals surface area contributed by atoms with Crippen molar-refractivity contribution in [2.24, 2.45) is 5.92 Å². The minimum atomic E-state index is -0.148. The van der Waals surface area contributed by atoms with E-state index < -0.39 is 0 Å². The predicted octanol–water partition coefficient (Wildman–Crippen LogP) is 3.72. The van der Waals surface area contributed by atoms with Gasteiger partial charge >= 0.3 is 0 Å². The Bertz CT molecular complexity index is 801. The van der Waals surface area contributed by atoms with Gasteiger partial charge in [0, 0.05) is 59.0 Å². The summed E-state index contributed by atoms with van der Waals surface area (Å²) in [5.41, 5.74) is 1.56. The zero-order valence-corrected chi connectivity index (χ0v) is 17.6. The van der Waals surface area contributed by atoms with Gasteiger partial charge in [-0.2, -0.15) is 0 Å². The van der Waals surface area contributed by atoms with Crippen molar-refractivity contribution in [3.8, 4) is 0 Å². The van der Waals surface area contributed by atoms with Crippen molar-refractivity contribution in [2.45, 2.75) is 38.3 Å². The van der Waals surface area contributed by atoms with E-state index in [-0.39, 0.29) is 11.9 Å². The molecule has 26 heavy (non-hydrogen) atoms. The van der Waals surface area contributed by atoms with Crippen molar-refractivity contribution in [1.29, 1.82) is 0 Å². The number of pyridine rings is 1. The smallest absolute Gasteiger partial charge is 0.273 e. The summed E-state index contributed by atoms with van der Waals surface area (Å²) in [5, 5.41) is 7.06. The summed E-state index contributed by atoms with van der Waals surface area (Å²) in [4.78, 5) is 19.0. The molecular formula is C18H20Br2N4O2. The lowest BCUT2D eigenvalue weighted by atomic mass is 10.1. The maximum absolute atomic E-state index is 12.5. The Kier molecular flexibility index (Phi) is 5.16. The second kappa shape index (κ2) is 7.40. The number of rotatable bonds is 5. The van der Waals surface area contributed by atoms with Crippen molar-refractivity contribution >= 4 is 37.8 Å². The third-order valence-electron chi connectivity index (χ3n) is 5.08. The third-order valence-corrected chi connectivity index (χ3v) is 6.45. The number of carbonyl (C=O) groups is 1. The van der Waals surface area contributed by atoms with Crippen LogP contribution in [0.5, 0.6) is 0 Å². The number of aromatic nitrogens is 2. The van der Waals surface area contributed by atoms with Gasteiger partial charge in [0.05, 0.1) is 0 Å². The molecule has 2 aromatic heterocycles. The van der Waals surface area contributed by atoms with Crippen LogP contribution in [0.25, 0.3) is 0 Å². The summed E-state index contributed by atoms with van der Waals surface area (Å²) in [5.74, 6) is 1.52. The molecule has 2 aromatic rings. The van der Waals surface area contributed by atoms with Crippen molar-refractivity contribution in [3.63, 3.8) is 0 Å². The lowest BCUT2D eigenvalue weighted by Crippen LogP contribution is -2.40. The first kappa shape index (κ1) is 18.1. The molecule has 3 heterocycles. The number of nitrogens with one attached hydrogen (secondary N) is 1. The molecule has 2 aliphatic rings. The number of nitrogens with zero attached hydrogens (tertiary/aromatic N) is 3. The molecule has 6 nitrogen and oxygen atoms in total. The number of carbonyl (C=O) groups excluding carboxylic acids is 1. The summed E-state index contributed by atoms with van der Waals surface area (Å²) >= 11 is 7.13. The lowest BCUT2D eigenvalue weighted by molar-refractivity contribution is 0.0922. The first-order chi connectivity index (χ1) is 12.5. The molecule has 1 aliphatic carbocycles. The van der Waals surface area contributed by atoms with Crippen LogP contribution in [0.15, 0.2) is 31.9 Å². The van der Waals surface area contributed by atoms with Gasteiger partial charge < -0.3 is 9.84 Å². The van der Waals surface area contributed by atoms with E-state index in [2.05, 4.69) is 59.1 Å². The van der Waals surface area contributed by atoms with E-state index in [4.69, 9.17) is 4.52 Å². The van der Waals surface area contributed by atoms with Crippen LogP contribution in [0.1, 0.15) is 47.5 Å². The predicted molar refractivity (Wildman–Crippen MR) is 104 cm³/mol. The van der Waals surface area contributed by atoms with Crippen molar-refractivity contribution in [2.75, 3.05) is 13.1 Å². The molecule has 0 spiro atoms. The first-order valence-corrected chi connectivity index (χ1v) is 10.4. The van der Waals surface area contributed by atoms with E-state index in [9.17, 15) is 4.79 Å². The Morgan fingerprint density at radius 3 is 2.73 bits per heavy atom. The maximum Gasteiger partial charge on any atom is 0.273 e. The van der Waals surface area contributed by atoms with Gasteiger partial charge in [-0.25, -0.2) is 0 Å². The topological polar surface area (TPSA) is 71.3 Å². The van der Waals surface area contributed by atoms with E-state index in [1.165, 1.54) is 5.56 Å². The molecule has 138 valence electrons. The van der Waals surface area contributed by atoms with Gasteiger partial charge in [0.1, 0.15) is 5.76 Å². The summed E-state index contributed by atoms with van der Waals surface area (Å²) in [6, 6.07) is 1.89. The number of likely N-dealkylation sites (tertiary alicyclic amines) is 1. The lowest BCUT2D eigenvalue weighted by Gasteiger charge is -2.18. The van der Waals surface area contributed by atoms with E-state index in [0.717, 1.165) is 47.2 Å². The van der Waals surface area contributed by atoms with Crippen molar-refractivity contribution in [1.82, 2.24) is 20.4 Å². The maximum atomic E-state index is 12.5. The fraction of sp³-hybridized carbons (Fsp3) is 0.500. The summed E-state index contributed by atoms with van der Waals surface area (Å²) in [7, 11) is 0. The fourth-order valence-corrected chi connectivity index (χ4v) is 4.58. The summed E-state index contributed by atoms with van der Waals surface area (Å²) in [6.07, 6.45) is 5.87. The van der Waals surface area contributed by atoms with Crippen LogP contribution in [-0.2, 0) is 6.54 Å². The first-order valence-electron chi connectivity index (χ1n) is 8.79. The number of amides is 1. The molecule has 4 rings (SSSR count). The van der Waals surface area contributed by atoms with E-state index >= 15 is 0 Å². The standard InChI is InChI=1S/C18H20Br2N4O2/c1-10-7-24(8-12-13(19)5-21-6-14(12)20)9-16(10)22-18(25)15-4-17(26-23-15)11-2-3-11/h4-6,10-11,16H,2-3,7-9H2,1H3,(H,22,25). The molecule has 2 unspecified atom stereocenters. The highest BCUT2D eigenvalue weighted by Crippen LogP contribution is 2.40. The Morgan fingerprint density at radius 2 is 2.04 bits per heavy atom. The molecule has 1 saturated heterocycles. The number of halogens is 2. The fourth-order valence-electron chi connectivity index (χ4n) is 3.40. The van der Waals surface area contributed by atoms with Gasteiger partial charge in [-0.15, -0.1) is 0 Å². The second-order valence-corrected chi connectivity index (χ2v) is 8.93. The van der Waals surface area contributed by atoms with Gasteiger partial charge in [-0.1, -0.05) is 12.1 Å². The zero-order valence-electron chi connectivity index (χ0n) is 14.4. The van der Waals surface area contributed by atoms with E-state index in [1.807, 2.05) is 0 Å². The van der Waals surface area contributed by atoms with Crippen LogP contribution >= 0.6 is 31.9 Å². The number of hydrogen-bond donors (Lipinski definition) is 1. The van der Waals surface area contributed by atoms with Crippen LogP contribution in [-0.4, -0.2) is 40.1 Å². The van der Waals surface area contributed by atoms with Crippen LogP contribution in [0.3, 0.4) is 0 Å². The average molecular weight is 484 g/mol. The van der Waals surface area contributed by atoms with Crippen LogP contribution in [0.2, 0.25) is 0 Å². The third kappa shape index (κ3) is 3.87. The van der Waals surface area contributed by atoms with Gasteiger partial charge in [0.25, 0.3) is 5.91 Å². The van der Waals surface area contributed by atoms with Gasteiger partial charge in [0.2, 0.25) is 0 Å². The largest absolute Gasteiger partial charge is 0.360 e. The van der Waals surface area contributed by atoms with Crippen LogP contribution in [0.4, 0.5) is 0 Å². The molecule has 2 fully saturated rings. The monoisotopic (exact) mass is 482 g/mol. The van der Waals surface area contributed by atoms with E-state index in [1.54, 1.807) is 18.5 Å². The minimum absolute atomic E-state index is 0.1000. The highest BCUT2D eigenvalue weighted by atomic mass is 79.9. The van der Waals surface area contributed by atoms with Gasteiger partial charge in [0.15, 0.2) is 5.69 Å². The van der Waals surface area contributed by atoms with Crippen molar-refractivity contribution < 1.29 is 9.32 Å². The SMILES string of the molecule is CC1CN(Cc2c(Br)cncc2Br)CC1NC(=O)c1cc(C2CC2)on1. The van der Waals surface area contributed by atoms with Gasteiger partial charge in [-0.3, -0.25) is 14.7 Å². The Morgan fingerprint density at radius 1 is 1.31 bits per heavy atom. The summed E-state index contributed by atoms with van der Waals surface area (Å²) in [6.45, 7) is 4.70. The quantitative estimate of drug-likeness (QED) is 0.701. The molecule has 0 radical (unpaired) electrons. The molecule has 8 heteroatoms. The highest BCUT2D eigenvalue weighted by molar-refractivity contribution is 9.11. The average Bonchev–Trinajstić information content (AvgIpc) is 3.23. The van der Waals surface area contributed by atoms with Crippen LogP contribution < -0.4 is 5.32 Å². The minimum Gasteiger partial charge on any atom is -0.360 e. The highest BCUT2D eigenvalue weighted by Gasteiger charge is 2.33. The zero-order chi connectivity index (χ0) is 18.3. The Labute approximate surface area is 169 Å². The Hall–Kier alpha value is -1.25. The molecule has 0 bridgehead atoms. The second-order valence-electron chi connectivity index (χ2n) is 7.22. The molecule has 1 aliphatic heterocycles. The molecule has 1 amide bonds. The molecule has 2 atom stereocenters. The van der Waals surface area contributed by atoms with Crippen LogP contribution in [0, 0.1) is 5.92 Å². The Balaban J connectivity index is 1.38. The molecule has 1 saturated carbocycles. The molecular weight excluding hydrogens is 464 g/mol. The van der Waals surface area contributed by atoms with Gasteiger partial charge in [-0.05, 0) is 56.2 Å². The number of hydrogen-bond acceptors (Lipinski definition) is 5. The van der Waals surface area contributed by atoms with Crippen molar-refractivity contribution in [3.05, 3.63) is 44.4 Å².